The van der Waals surface area contributed by atoms with Gasteiger partial charge in [-0.1, -0.05) is 0 Å². The number of anilines is 1. The molecule has 1 fully saturated rings. The van der Waals surface area contributed by atoms with Crippen LogP contribution in [0.2, 0.25) is 0 Å². The van der Waals surface area contributed by atoms with Crippen molar-refractivity contribution in [3.8, 4) is 0 Å². The van der Waals surface area contributed by atoms with Crippen molar-refractivity contribution in [1.82, 2.24) is 19.5 Å². The average Bonchev–Trinajstić information content (AvgIpc) is 2.75. The number of aromatic nitrogens is 4. The van der Waals surface area contributed by atoms with Gasteiger partial charge in [0.1, 0.15) is 11.8 Å². The highest BCUT2D eigenvalue weighted by Gasteiger charge is 2.42. The van der Waals surface area contributed by atoms with Crippen LogP contribution in [0.4, 0.5) is 5.82 Å². The Morgan fingerprint density at radius 1 is 1.28 bits per heavy atom. The molecule has 0 unspecified atom stereocenters. The molecule has 3 heterocycles. The number of imidazole rings is 1. The lowest BCUT2D eigenvalue weighted by Crippen LogP contribution is -2.41. The molecule has 8 heteroatoms. The Kier molecular flexibility index (Phi) is 2.84. The Morgan fingerprint density at radius 3 is 2.83 bits per heavy atom. The van der Waals surface area contributed by atoms with Gasteiger partial charge in [0, 0.05) is 17.8 Å². The highest BCUT2D eigenvalue weighted by molar-refractivity contribution is 8.01. The summed E-state index contributed by atoms with van der Waals surface area (Å²) in [7, 11) is 0. The van der Waals surface area contributed by atoms with Crippen LogP contribution in [0.5, 0.6) is 0 Å². The van der Waals surface area contributed by atoms with Crippen LogP contribution in [0.3, 0.4) is 0 Å². The van der Waals surface area contributed by atoms with E-state index in [1.807, 2.05) is 4.57 Å². The Bertz CT molecular complexity index is 574. The zero-order valence-electron chi connectivity index (χ0n) is 9.47. The van der Waals surface area contributed by atoms with Crippen LogP contribution >= 0.6 is 11.8 Å². The first-order chi connectivity index (χ1) is 8.76. The Labute approximate surface area is 107 Å². The number of nitrogens with two attached hydrogens (primary N) is 1. The van der Waals surface area contributed by atoms with E-state index in [1.54, 1.807) is 18.1 Å². The third-order valence-electron chi connectivity index (χ3n) is 3.21. The van der Waals surface area contributed by atoms with Gasteiger partial charge >= 0.3 is 0 Å². The predicted octanol–water partition coefficient (Wildman–Crippen LogP) is -0.377. The number of nitrogens with zero attached hydrogens (tertiary/aromatic N) is 4. The second-order valence-electron chi connectivity index (χ2n) is 4.18. The zero-order chi connectivity index (χ0) is 12.7. The molecule has 3 atom stereocenters. The molecule has 7 nitrogen and oxygen atoms in total. The third kappa shape index (κ3) is 1.57. The van der Waals surface area contributed by atoms with Crippen LogP contribution in [0.25, 0.3) is 11.2 Å². The quantitative estimate of drug-likeness (QED) is 0.695. The predicted molar refractivity (Wildman–Crippen MR) is 67.8 cm³/mol. The molecule has 0 spiro atoms. The van der Waals surface area contributed by atoms with E-state index < -0.39 is 0 Å². The maximum Gasteiger partial charge on any atom is 0.166 e. The molecule has 1 saturated heterocycles. The largest absolute Gasteiger partial charge is 0.396 e. The van der Waals surface area contributed by atoms with Gasteiger partial charge in [-0.25, -0.2) is 15.0 Å². The van der Waals surface area contributed by atoms with Gasteiger partial charge in [0.15, 0.2) is 11.5 Å². The molecule has 4 N–H and O–H groups in total. The summed E-state index contributed by atoms with van der Waals surface area (Å²) in [5.41, 5.74) is 6.96. The minimum Gasteiger partial charge on any atom is -0.396 e. The number of thioether (sulfide) groups is 1. The van der Waals surface area contributed by atoms with Crippen molar-refractivity contribution in [2.24, 2.45) is 5.92 Å². The van der Waals surface area contributed by atoms with Crippen molar-refractivity contribution in [3.05, 3.63) is 12.7 Å². The average molecular weight is 267 g/mol. The van der Waals surface area contributed by atoms with E-state index >= 15 is 0 Å². The highest BCUT2D eigenvalue weighted by atomic mass is 32.2. The Hall–Kier alpha value is -1.38. The minimum absolute atomic E-state index is 0.00795. The van der Waals surface area contributed by atoms with E-state index in [0.29, 0.717) is 17.0 Å². The second kappa shape index (κ2) is 4.38. The number of aliphatic hydroxyl groups is 2. The van der Waals surface area contributed by atoms with E-state index in [-0.39, 0.29) is 29.8 Å². The van der Waals surface area contributed by atoms with Gasteiger partial charge < -0.3 is 20.5 Å². The maximum atomic E-state index is 9.37. The Morgan fingerprint density at radius 2 is 2.11 bits per heavy atom. The number of hydrogen-bond acceptors (Lipinski definition) is 7. The van der Waals surface area contributed by atoms with Gasteiger partial charge in [-0.15, -0.1) is 11.8 Å². The Balaban J connectivity index is 1.99. The molecule has 96 valence electrons. The van der Waals surface area contributed by atoms with Gasteiger partial charge in [0.2, 0.25) is 0 Å². The summed E-state index contributed by atoms with van der Waals surface area (Å²) in [5.74, 6) is 0.357. The van der Waals surface area contributed by atoms with Gasteiger partial charge in [-0.2, -0.15) is 0 Å². The van der Waals surface area contributed by atoms with Crippen LogP contribution in [-0.4, -0.2) is 48.2 Å². The van der Waals surface area contributed by atoms with Crippen molar-refractivity contribution >= 4 is 28.7 Å². The molecule has 3 rings (SSSR count). The number of fused-ring (bicyclic) bond motifs is 1. The second-order valence-corrected chi connectivity index (χ2v) is 5.54. The number of rotatable bonds is 3. The topological polar surface area (TPSA) is 110 Å². The van der Waals surface area contributed by atoms with Gasteiger partial charge in [-0.05, 0) is 0 Å². The first-order valence-electron chi connectivity index (χ1n) is 5.56. The molecular formula is C10H13N5O2S. The molecule has 2 aromatic heterocycles. The molecule has 1 aliphatic heterocycles. The summed E-state index contributed by atoms with van der Waals surface area (Å²) >= 11 is 1.60. The lowest BCUT2D eigenvalue weighted by atomic mass is 10.0. The molecule has 2 aromatic rings. The first-order valence-corrected chi connectivity index (χ1v) is 6.50. The van der Waals surface area contributed by atoms with Crippen molar-refractivity contribution in [3.63, 3.8) is 0 Å². The molecular weight excluding hydrogens is 254 g/mol. The lowest BCUT2D eigenvalue weighted by Gasteiger charge is -2.42. The van der Waals surface area contributed by atoms with Crippen molar-refractivity contribution in [1.29, 1.82) is 0 Å². The van der Waals surface area contributed by atoms with Crippen LogP contribution in [0.1, 0.15) is 5.37 Å². The normalized spacial score (nSPS) is 27.3. The SMILES string of the molecule is Nc1ncnc2c1ncn2[C@H]1S[C@@H](CO)[C@@H]1CO. The molecule has 0 aliphatic carbocycles. The fourth-order valence-electron chi connectivity index (χ4n) is 2.19. The van der Waals surface area contributed by atoms with E-state index in [4.69, 9.17) is 10.8 Å². The third-order valence-corrected chi connectivity index (χ3v) is 4.91. The van der Waals surface area contributed by atoms with Gasteiger partial charge in [-0.3, -0.25) is 0 Å². The highest BCUT2D eigenvalue weighted by Crippen LogP contribution is 2.50. The lowest BCUT2D eigenvalue weighted by molar-refractivity contribution is 0.158. The number of nitrogen functional groups attached to an aromatic ring is 1. The monoisotopic (exact) mass is 267 g/mol. The van der Waals surface area contributed by atoms with Gasteiger partial charge in [0.05, 0.1) is 18.3 Å². The van der Waals surface area contributed by atoms with E-state index in [0.717, 1.165) is 0 Å². The smallest absolute Gasteiger partial charge is 0.166 e. The van der Waals surface area contributed by atoms with Crippen molar-refractivity contribution in [2.45, 2.75) is 10.6 Å². The summed E-state index contributed by atoms with van der Waals surface area (Å²) in [4.78, 5) is 12.3. The van der Waals surface area contributed by atoms with Crippen molar-refractivity contribution < 1.29 is 10.2 Å². The maximum absolute atomic E-state index is 9.37. The fraction of sp³-hybridized carbons (Fsp3) is 0.500. The molecule has 0 saturated carbocycles. The first kappa shape index (κ1) is 11.7. The van der Waals surface area contributed by atoms with E-state index in [2.05, 4.69) is 15.0 Å². The summed E-state index contributed by atoms with van der Waals surface area (Å²) in [6.07, 6.45) is 3.06. The fourth-order valence-corrected chi connectivity index (χ4v) is 3.56. The number of aliphatic hydroxyl groups excluding tert-OH is 2. The van der Waals surface area contributed by atoms with Crippen molar-refractivity contribution in [2.75, 3.05) is 18.9 Å². The summed E-state index contributed by atoms with van der Waals surface area (Å²) in [6, 6.07) is 0. The molecule has 0 bridgehead atoms. The van der Waals surface area contributed by atoms with Crippen LogP contribution < -0.4 is 5.73 Å². The van der Waals surface area contributed by atoms with Crippen LogP contribution in [0, 0.1) is 5.92 Å². The summed E-state index contributed by atoms with van der Waals surface area (Å²) < 4.78 is 1.88. The molecule has 1 aliphatic rings. The number of hydrogen-bond donors (Lipinski definition) is 3. The molecule has 0 radical (unpaired) electrons. The van der Waals surface area contributed by atoms with Gasteiger partial charge in [0.25, 0.3) is 0 Å². The van der Waals surface area contributed by atoms with Crippen LogP contribution in [0.15, 0.2) is 12.7 Å². The molecule has 0 aromatic carbocycles. The minimum atomic E-state index is 0.00795. The van der Waals surface area contributed by atoms with E-state index in [1.165, 1.54) is 6.33 Å². The molecule has 0 amide bonds. The molecule has 18 heavy (non-hydrogen) atoms. The zero-order valence-corrected chi connectivity index (χ0v) is 10.3. The van der Waals surface area contributed by atoms with E-state index in [9.17, 15) is 5.11 Å². The summed E-state index contributed by atoms with van der Waals surface area (Å²) in [5, 5.41) is 18.6. The van der Waals surface area contributed by atoms with Crippen LogP contribution in [-0.2, 0) is 0 Å². The summed E-state index contributed by atoms with van der Waals surface area (Å²) in [6.45, 7) is 0.0965. The standard InChI is InChI=1S/C10H13N5O2S/c11-8-7-9(13-3-12-8)15(4-14-7)10-5(1-16)6(2-17)18-10/h3-6,10,16-17H,1-2H2,(H2,11,12,13)/t5-,6-,10-/m0/s1.